The molecular formula is C16H10N2O3S. The molecule has 1 aromatic heterocycles. The molecule has 1 heterocycles. The number of nitroso groups, excluding NO2 is 1. The summed E-state index contributed by atoms with van der Waals surface area (Å²) >= 11 is 1.55. The first kappa shape index (κ1) is 14.1. The number of benzene rings is 2. The zero-order chi connectivity index (χ0) is 15.5. The average molecular weight is 310 g/mol. The number of rotatable bonds is 4. The van der Waals surface area contributed by atoms with Crippen molar-refractivity contribution in [1.82, 2.24) is 4.98 Å². The van der Waals surface area contributed by atoms with Gasteiger partial charge in [0.1, 0.15) is 10.7 Å². The number of hydrogen-bond donors (Lipinski definition) is 1. The molecule has 0 fully saturated rings. The van der Waals surface area contributed by atoms with Crippen molar-refractivity contribution in [1.29, 1.82) is 0 Å². The van der Waals surface area contributed by atoms with Crippen LogP contribution in [-0.2, 0) is 0 Å². The van der Waals surface area contributed by atoms with Crippen molar-refractivity contribution < 1.29 is 9.90 Å². The summed E-state index contributed by atoms with van der Waals surface area (Å²) in [6, 6.07) is 12.3. The number of aromatic nitrogens is 1. The fraction of sp³-hybridized carbons (Fsp3) is 0. The molecule has 108 valence electrons. The quantitative estimate of drug-likeness (QED) is 0.716. The number of para-hydroxylation sites is 1. The molecular weight excluding hydrogens is 300 g/mol. The van der Waals surface area contributed by atoms with E-state index in [-0.39, 0.29) is 11.3 Å². The Hall–Kier alpha value is -2.86. The third-order valence-corrected chi connectivity index (χ3v) is 4.08. The Kier molecular flexibility index (Phi) is 3.76. The summed E-state index contributed by atoms with van der Waals surface area (Å²) in [5, 5.41) is 12.6. The van der Waals surface area contributed by atoms with Gasteiger partial charge in [0, 0.05) is 0 Å². The first-order chi connectivity index (χ1) is 10.7. The van der Waals surface area contributed by atoms with Crippen LogP contribution in [0.25, 0.3) is 22.4 Å². The second-order valence-electron chi connectivity index (χ2n) is 4.53. The standard InChI is InChI=1S/C16H10N2O3S/c19-16(20)11-9-10(5-7-12(11)18-21)6-8-15-17-13-3-1-2-4-14(13)22-15/h1-9H,(H,19,20)/b8-6+. The number of nitrogens with zero attached hydrogens (tertiary/aromatic N) is 2. The Morgan fingerprint density at radius 3 is 2.73 bits per heavy atom. The SMILES string of the molecule is O=Nc1ccc(/C=C/c2nc3ccccc3s2)cc1C(=O)O. The summed E-state index contributed by atoms with van der Waals surface area (Å²) in [7, 11) is 0. The van der Waals surface area contributed by atoms with E-state index >= 15 is 0 Å². The van der Waals surface area contributed by atoms with Gasteiger partial charge in [0.05, 0.1) is 15.8 Å². The largest absolute Gasteiger partial charge is 0.478 e. The van der Waals surface area contributed by atoms with Gasteiger partial charge in [-0.15, -0.1) is 16.2 Å². The summed E-state index contributed by atoms with van der Waals surface area (Å²) in [5.41, 5.74) is 1.41. The van der Waals surface area contributed by atoms with Crippen LogP contribution in [0.4, 0.5) is 5.69 Å². The minimum Gasteiger partial charge on any atom is -0.478 e. The van der Waals surface area contributed by atoms with Gasteiger partial charge in [-0.1, -0.05) is 24.3 Å². The Balaban J connectivity index is 1.93. The minimum absolute atomic E-state index is 0.0790. The van der Waals surface area contributed by atoms with Crippen LogP contribution in [0.15, 0.2) is 47.6 Å². The maximum atomic E-state index is 11.1. The van der Waals surface area contributed by atoms with Crippen molar-refractivity contribution in [2.45, 2.75) is 0 Å². The lowest BCUT2D eigenvalue weighted by atomic mass is 10.1. The normalized spacial score (nSPS) is 11.1. The van der Waals surface area contributed by atoms with Gasteiger partial charge in [-0.05, 0) is 41.1 Å². The molecule has 6 heteroatoms. The summed E-state index contributed by atoms with van der Waals surface area (Å²) in [6.45, 7) is 0. The summed E-state index contributed by atoms with van der Waals surface area (Å²) < 4.78 is 1.09. The molecule has 0 saturated carbocycles. The summed E-state index contributed by atoms with van der Waals surface area (Å²) in [4.78, 5) is 26.1. The van der Waals surface area contributed by atoms with Crippen molar-refractivity contribution in [3.63, 3.8) is 0 Å². The van der Waals surface area contributed by atoms with Crippen LogP contribution in [0.1, 0.15) is 20.9 Å². The molecule has 0 amide bonds. The van der Waals surface area contributed by atoms with Crippen molar-refractivity contribution in [3.05, 3.63) is 63.5 Å². The van der Waals surface area contributed by atoms with Crippen LogP contribution >= 0.6 is 11.3 Å². The second-order valence-corrected chi connectivity index (χ2v) is 5.59. The topological polar surface area (TPSA) is 79.6 Å². The number of carbonyl (C=O) groups is 1. The van der Waals surface area contributed by atoms with Crippen molar-refractivity contribution in [3.8, 4) is 0 Å². The molecule has 3 rings (SSSR count). The van der Waals surface area contributed by atoms with E-state index in [1.807, 2.05) is 30.3 Å². The van der Waals surface area contributed by atoms with E-state index in [2.05, 4.69) is 10.2 Å². The number of carboxylic acids is 1. The van der Waals surface area contributed by atoms with Gasteiger partial charge < -0.3 is 5.11 Å². The number of fused-ring (bicyclic) bond motifs is 1. The molecule has 0 aliphatic rings. The fourth-order valence-electron chi connectivity index (χ4n) is 2.04. The van der Waals surface area contributed by atoms with Crippen molar-refractivity contribution >= 4 is 45.4 Å². The van der Waals surface area contributed by atoms with Crippen LogP contribution in [0.5, 0.6) is 0 Å². The molecule has 0 unspecified atom stereocenters. The van der Waals surface area contributed by atoms with E-state index in [9.17, 15) is 9.70 Å². The molecule has 0 aliphatic carbocycles. The van der Waals surface area contributed by atoms with Crippen molar-refractivity contribution in [2.24, 2.45) is 5.18 Å². The summed E-state index contributed by atoms with van der Waals surface area (Å²) in [5.74, 6) is -1.18. The van der Waals surface area contributed by atoms with Gasteiger partial charge >= 0.3 is 5.97 Å². The maximum Gasteiger partial charge on any atom is 0.338 e. The Morgan fingerprint density at radius 1 is 1.18 bits per heavy atom. The smallest absolute Gasteiger partial charge is 0.338 e. The molecule has 0 spiro atoms. The predicted molar refractivity (Wildman–Crippen MR) is 87.4 cm³/mol. The van der Waals surface area contributed by atoms with Gasteiger partial charge in [-0.2, -0.15) is 0 Å². The molecule has 5 nitrogen and oxygen atoms in total. The number of aromatic carboxylic acids is 1. The van der Waals surface area contributed by atoms with Crippen LogP contribution in [0.2, 0.25) is 0 Å². The predicted octanol–water partition coefficient (Wildman–Crippen LogP) is 4.56. The lowest BCUT2D eigenvalue weighted by molar-refractivity contribution is 0.0698. The zero-order valence-corrected chi connectivity index (χ0v) is 12.1. The highest BCUT2D eigenvalue weighted by Crippen LogP contribution is 2.25. The zero-order valence-electron chi connectivity index (χ0n) is 11.3. The lowest BCUT2D eigenvalue weighted by Gasteiger charge is -1.99. The maximum absolute atomic E-state index is 11.1. The van der Waals surface area contributed by atoms with E-state index in [4.69, 9.17) is 5.11 Å². The van der Waals surface area contributed by atoms with E-state index < -0.39 is 5.97 Å². The number of carboxylic acid groups (broad SMARTS) is 1. The highest BCUT2D eigenvalue weighted by atomic mass is 32.1. The highest BCUT2D eigenvalue weighted by Gasteiger charge is 2.10. The molecule has 0 atom stereocenters. The van der Waals surface area contributed by atoms with Crippen molar-refractivity contribution in [2.75, 3.05) is 0 Å². The third-order valence-electron chi connectivity index (χ3n) is 3.08. The number of thiazole rings is 1. The molecule has 3 aromatic rings. The van der Waals surface area contributed by atoms with E-state index in [0.29, 0.717) is 5.56 Å². The van der Waals surface area contributed by atoms with Crippen LogP contribution in [-0.4, -0.2) is 16.1 Å². The molecule has 0 aliphatic heterocycles. The monoisotopic (exact) mass is 310 g/mol. The van der Waals surface area contributed by atoms with E-state index in [0.717, 1.165) is 15.2 Å². The molecule has 0 bridgehead atoms. The average Bonchev–Trinajstić information content (AvgIpc) is 2.95. The van der Waals surface area contributed by atoms with Crippen LogP contribution in [0, 0.1) is 4.91 Å². The first-order valence-corrected chi connectivity index (χ1v) is 7.23. The van der Waals surface area contributed by atoms with Gasteiger partial charge in [0.2, 0.25) is 0 Å². The molecule has 22 heavy (non-hydrogen) atoms. The molecule has 0 saturated heterocycles. The Morgan fingerprint density at radius 2 is 2.00 bits per heavy atom. The minimum atomic E-state index is -1.18. The second kappa shape index (κ2) is 5.87. The lowest BCUT2D eigenvalue weighted by Crippen LogP contribution is -1.96. The van der Waals surface area contributed by atoms with Gasteiger partial charge in [-0.25, -0.2) is 9.78 Å². The highest BCUT2D eigenvalue weighted by molar-refractivity contribution is 7.19. The van der Waals surface area contributed by atoms with Crippen LogP contribution in [0.3, 0.4) is 0 Å². The van der Waals surface area contributed by atoms with E-state index in [1.165, 1.54) is 12.1 Å². The van der Waals surface area contributed by atoms with Crippen LogP contribution < -0.4 is 0 Å². The first-order valence-electron chi connectivity index (χ1n) is 6.42. The molecule has 1 N–H and O–H groups in total. The van der Waals surface area contributed by atoms with Gasteiger partial charge in [0.25, 0.3) is 0 Å². The molecule has 0 radical (unpaired) electrons. The fourth-order valence-corrected chi connectivity index (χ4v) is 2.91. The molecule has 2 aromatic carbocycles. The third kappa shape index (κ3) is 2.77. The number of hydrogen-bond acceptors (Lipinski definition) is 5. The Bertz CT molecular complexity index is 866. The Labute approximate surface area is 129 Å². The van der Waals surface area contributed by atoms with E-state index in [1.54, 1.807) is 23.5 Å². The van der Waals surface area contributed by atoms with Gasteiger partial charge in [0.15, 0.2) is 0 Å². The summed E-state index contributed by atoms with van der Waals surface area (Å²) in [6.07, 6.45) is 3.58. The van der Waals surface area contributed by atoms with Gasteiger partial charge in [-0.3, -0.25) is 0 Å².